The van der Waals surface area contributed by atoms with Crippen molar-refractivity contribution >= 4 is 11.7 Å². The zero-order valence-electron chi connectivity index (χ0n) is 11.0. The third-order valence-electron chi connectivity index (χ3n) is 3.38. The second kappa shape index (κ2) is 6.21. The van der Waals surface area contributed by atoms with Crippen molar-refractivity contribution in [2.45, 2.75) is 18.9 Å². The van der Waals surface area contributed by atoms with Gasteiger partial charge in [-0.15, -0.1) is 0 Å². The van der Waals surface area contributed by atoms with Crippen molar-refractivity contribution in [3.05, 3.63) is 29.8 Å². The molecule has 0 spiro atoms. The van der Waals surface area contributed by atoms with Gasteiger partial charge >= 0.3 is 6.03 Å². The van der Waals surface area contributed by atoms with Gasteiger partial charge in [-0.05, 0) is 44.2 Å². The van der Waals surface area contributed by atoms with E-state index in [1.54, 1.807) is 24.3 Å². The van der Waals surface area contributed by atoms with Crippen LogP contribution in [0, 0.1) is 11.3 Å². The van der Waals surface area contributed by atoms with Gasteiger partial charge in [0.1, 0.15) is 0 Å². The molecule has 1 saturated heterocycles. The number of amides is 2. The number of hydrogen-bond donors (Lipinski definition) is 2. The topological polar surface area (TPSA) is 68.2 Å². The lowest BCUT2D eigenvalue weighted by molar-refractivity contribution is 0.187. The quantitative estimate of drug-likeness (QED) is 0.849. The maximum Gasteiger partial charge on any atom is 0.321 e. The normalized spacial score (nSPS) is 18.7. The van der Waals surface area contributed by atoms with Crippen LogP contribution < -0.4 is 10.6 Å². The Labute approximate surface area is 113 Å². The zero-order chi connectivity index (χ0) is 13.7. The second-order valence-corrected chi connectivity index (χ2v) is 4.69. The van der Waals surface area contributed by atoms with Gasteiger partial charge in [0.25, 0.3) is 0 Å². The summed E-state index contributed by atoms with van der Waals surface area (Å²) >= 11 is 0. The highest BCUT2D eigenvalue weighted by molar-refractivity contribution is 5.89. The fourth-order valence-corrected chi connectivity index (χ4v) is 2.23. The molecule has 1 aliphatic rings. The lowest BCUT2D eigenvalue weighted by Crippen LogP contribution is -2.48. The first kappa shape index (κ1) is 13.4. The Hall–Kier alpha value is -2.06. The summed E-state index contributed by atoms with van der Waals surface area (Å²) in [4.78, 5) is 13.9. The molecule has 1 fully saturated rings. The first-order chi connectivity index (χ1) is 9.22. The Bertz CT molecular complexity index is 477. The van der Waals surface area contributed by atoms with Crippen LogP contribution in [0.2, 0.25) is 0 Å². The van der Waals surface area contributed by atoms with Crippen LogP contribution in [0.25, 0.3) is 0 Å². The van der Waals surface area contributed by atoms with Crippen LogP contribution in [0.5, 0.6) is 0 Å². The SMILES string of the molecule is CNC1CCCN(C(=O)Nc2ccc(C#N)cc2)C1. The monoisotopic (exact) mass is 258 g/mol. The van der Waals surface area contributed by atoms with Crippen LogP contribution in [0.15, 0.2) is 24.3 Å². The predicted octanol–water partition coefficient (Wildman–Crippen LogP) is 1.77. The molecule has 0 saturated carbocycles. The number of likely N-dealkylation sites (N-methyl/N-ethyl adjacent to an activating group) is 1. The smallest absolute Gasteiger partial charge is 0.321 e. The number of carbonyl (C=O) groups is 1. The maximum atomic E-state index is 12.1. The Morgan fingerprint density at radius 1 is 1.42 bits per heavy atom. The van der Waals surface area contributed by atoms with Gasteiger partial charge in [0.15, 0.2) is 0 Å². The molecule has 0 bridgehead atoms. The third kappa shape index (κ3) is 3.46. The predicted molar refractivity (Wildman–Crippen MR) is 73.8 cm³/mol. The second-order valence-electron chi connectivity index (χ2n) is 4.69. The summed E-state index contributed by atoms with van der Waals surface area (Å²) < 4.78 is 0. The van der Waals surface area contributed by atoms with E-state index in [0.29, 0.717) is 11.6 Å². The van der Waals surface area contributed by atoms with Crippen molar-refractivity contribution in [3.63, 3.8) is 0 Å². The zero-order valence-corrected chi connectivity index (χ0v) is 11.0. The number of anilines is 1. The van der Waals surface area contributed by atoms with Gasteiger partial charge in [0.2, 0.25) is 0 Å². The summed E-state index contributed by atoms with van der Waals surface area (Å²) in [5, 5.41) is 14.8. The number of nitriles is 1. The third-order valence-corrected chi connectivity index (χ3v) is 3.38. The summed E-state index contributed by atoms with van der Waals surface area (Å²) in [6, 6.07) is 9.23. The molecule has 5 nitrogen and oxygen atoms in total. The van der Waals surface area contributed by atoms with Gasteiger partial charge in [-0.2, -0.15) is 5.26 Å². The van der Waals surface area contributed by atoms with Crippen molar-refractivity contribution in [2.75, 3.05) is 25.5 Å². The highest BCUT2D eigenvalue weighted by atomic mass is 16.2. The molecule has 1 aliphatic heterocycles. The van der Waals surface area contributed by atoms with Crippen LogP contribution in [-0.2, 0) is 0 Å². The first-order valence-electron chi connectivity index (χ1n) is 6.46. The van der Waals surface area contributed by atoms with E-state index in [1.807, 2.05) is 11.9 Å². The Morgan fingerprint density at radius 2 is 2.16 bits per heavy atom. The van der Waals surface area contributed by atoms with Crippen molar-refractivity contribution in [3.8, 4) is 6.07 Å². The van der Waals surface area contributed by atoms with Crippen LogP contribution in [0.4, 0.5) is 10.5 Å². The Balaban J connectivity index is 1.94. The first-order valence-corrected chi connectivity index (χ1v) is 6.46. The van der Waals surface area contributed by atoms with Crippen molar-refractivity contribution in [2.24, 2.45) is 0 Å². The number of piperidine rings is 1. The average molecular weight is 258 g/mol. The van der Waals surface area contributed by atoms with Gasteiger partial charge in [-0.1, -0.05) is 0 Å². The van der Waals surface area contributed by atoms with Gasteiger partial charge < -0.3 is 15.5 Å². The van der Waals surface area contributed by atoms with Crippen LogP contribution in [0.3, 0.4) is 0 Å². The van der Waals surface area contributed by atoms with Crippen molar-refractivity contribution in [1.29, 1.82) is 5.26 Å². The molecule has 1 aromatic rings. The molecule has 2 amide bonds. The molecular formula is C14H18N4O. The molecule has 5 heteroatoms. The van der Waals surface area contributed by atoms with Gasteiger partial charge in [-0.3, -0.25) is 0 Å². The number of nitrogens with zero attached hydrogens (tertiary/aromatic N) is 2. The highest BCUT2D eigenvalue weighted by Gasteiger charge is 2.22. The van der Waals surface area contributed by atoms with Gasteiger partial charge in [-0.25, -0.2) is 4.79 Å². The molecule has 0 radical (unpaired) electrons. The van der Waals surface area contributed by atoms with Crippen molar-refractivity contribution < 1.29 is 4.79 Å². The van der Waals surface area contributed by atoms with E-state index in [4.69, 9.17) is 5.26 Å². The molecule has 0 aromatic heterocycles. The molecule has 2 rings (SSSR count). The number of carbonyl (C=O) groups excluding carboxylic acids is 1. The fraction of sp³-hybridized carbons (Fsp3) is 0.429. The average Bonchev–Trinajstić information content (AvgIpc) is 2.48. The maximum absolute atomic E-state index is 12.1. The lowest BCUT2D eigenvalue weighted by Gasteiger charge is -2.32. The molecule has 1 heterocycles. The van der Waals surface area contributed by atoms with E-state index in [-0.39, 0.29) is 6.03 Å². The minimum absolute atomic E-state index is 0.0790. The molecule has 0 aliphatic carbocycles. The van der Waals surface area contributed by atoms with E-state index in [0.717, 1.165) is 31.6 Å². The van der Waals surface area contributed by atoms with E-state index < -0.39 is 0 Å². The van der Waals surface area contributed by atoms with Crippen LogP contribution >= 0.6 is 0 Å². The molecule has 1 atom stereocenters. The Morgan fingerprint density at radius 3 is 2.79 bits per heavy atom. The van der Waals surface area contributed by atoms with Crippen LogP contribution in [0.1, 0.15) is 18.4 Å². The standard InChI is InChI=1S/C14H18N4O/c1-16-13-3-2-8-18(10-13)14(19)17-12-6-4-11(9-15)5-7-12/h4-7,13,16H,2-3,8,10H2,1H3,(H,17,19). The number of rotatable bonds is 2. The summed E-state index contributed by atoms with van der Waals surface area (Å²) in [6.07, 6.45) is 2.13. The molecule has 100 valence electrons. The number of benzene rings is 1. The number of urea groups is 1. The van der Waals surface area contributed by atoms with E-state index in [9.17, 15) is 4.79 Å². The lowest BCUT2D eigenvalue weighted by atomic mass is 10.1. The molecule has 19 heavy (non-hydrogen) atoms. The van der Waals surface area contributed by atoms with Crippen LogP contribution in [-0.4, -0.2) is 37.1 Å². The Kier molecular flexibility index (Phi) is 4.37. The van der Waals surface area contributed by atoms with E-state index in [1.165, 1.54) is 0 Å². The van der Waals surface area contributed by atoms with E-state index >= 15 is 0 Å². The number of hydrogen-bond acceptors (Lipinski definition) is 3. The molecule has 1 unspecified atom stereocenters. The summed E-state index contributed by atoms with van der Waals surface area (Å²) in [5.41, 5.74) is 1.31. The minimum Gasteiger partial charge on any atom is -0.323 e. The van der Waals surface area contributed by atoms with E-state index in [2.05, 4.69) is 16.7 Å². The summed E-state index contributed by atoms with van der Waals surface area (Å²) in [6.45, 7) is 1.53. The van der Waals surface area contributed by atoms with Gasteiger partial charge in [0, 0.05) is 24.8 Å². The highest BCUT2D eigenvalue weighted by Crippen LogP contribution is 2.13. The van der Waals surface area contributed by atoms with Crippen molar-refractivity contribution in [1.82, 2.24) is 10.2 Å². The summed E-state index contributed by atoms with van der Waals surface area (Å²) in [5.74, 6) is 0. The minimum atomic E-state index is -0.0790. The number of nitrogens with one attached hydrogen (secondary N) is 2. The molecule has 2 N–H and O–H groups in total. The largest absolute Gasteiger partial charge is 0.323 e. The molecule has 1 aromatic carbocycles. The molecular weight excluding hydrogens is 240 g/mol. The number of likely N-dealkylation sites (tertiary alicyclic amines) is 1. The van der Waals surface area contributed by atoms with Gasteiger partial charge in [0.05, 0.1) is 11.6 Å². The summed E-state index contributed by atoms with van der Waals surface area (Å²) in [7, 11) is 1.92. The fourth-order valence-electron chi connectivity index (χ4n) is 2.23.